The molecule has 11 heteroatoms. The number of rotatable bonds is 14. The van der Waals surface area contributed by atoms with Crippen molar-refractivity contribution in [1.82, 2.24) is 14.9 Å². The summed E-state index contributed by atoms with van der Waals surface area (Å²) in [6.07, 6.45) is 4.57. The highest BCUT2D eigenvalue weighted by atomic mass is 19.1. The van der Waals surface area contributed by atoms with E-state index in [0.29, 0.717) is 66.2 Å². The molecule has 240 valence electrons. The lowest BCUT2D eigenvalue weighted by Gasteiger charge is -2.26. The Hall–Kier alpha value is -4.48. The molecular weight excluding hydrogens is 596 g/mol. The second-order valence-electron chi connectivity index (χ2n) is 11.6. The van der Waals surface area contributed by atoms with Gasteiger partial charge in [0, 0.05) is 44.7 Å². The number of Topliss-reactive ketones (excluding diaryl/α,β-unsaturated/α-hetero) is 2. The number of ketones is 2. The Morgan fingerprint density at radius 1 is 0.935 bits per heavy atom. The molecule has 2 fully saturated rings. The number of hydrogen-bond donors (Lipinski definition) is 0. The predicted molar refractivity (Wildman–Crippen MR) is 165 cm³/mol. The van der Waals surface area contributed by atoms with Crippen LogP contribution in [0.4, 0.5) is 8.78 Å². The van der Waals surface area contributed by atoms with E-state index >= 15 is 4.39 Å². The highest BCUT2D eigenvalue weighted by Crippen LogP contribution is 2.49. The first-order chi connectivity index (χ1) is 22.4. The number of carbonyl (C=O) groups is 2. The standard InChI is InChI=1S/C35H35F2N3O6/c1-43-30-20-28-26(21-38-22-39-28)33(34(30)45-14-2-11-40-12-15-44-16-13-40)46-29-8-5-24(17-27(29)37)19-32(42)35(9-10-35)31(41)18-23-3-6-25(36)7-4-23/h3-8,17,20-22H,2,9-16,18-19H2,1H3. The number of aromatic nitrogens is 2. The number of fused-ring (bicyclic) bond motifs is 1. The van der Waals surface area contributed by atoms with Gasteiger partial charge in [0.2, 0.25) is 5.75 Å². The average Bonchev–Trinajstić information content (AvgIpc) is 3.89. The molecule has 1 saturated heterocycles. The molecule has 46 heavy (non-hydrogen) atoms. The van der Waals surface area contributed by atoms with E-state index in [0.717, 1.165) is 26.1 Å². The van der Waals surface area contributed by atoms with Gasteiger partial charge >= 0.3 is 0 Å². The van der Waals surface area contributed by atoms with E-state index < -0.39 is 11.2 Å². The van der Waals surface area contributed by atoms with Crippen LogP contribution in [-0.4, -0.2) is 73.0 Å². The molecule has 1 aromatic heterocycles. The number of benzene rings is 3. The van der Waals surface area contributed by atoms with Gasteiger partial charge in [-0.1, -0.05) is 18.2 Å². The number of hydrogen-bond acceptors (Lipinski definition) is 9. The number of halogens is 2. The maximum Gasteiger partial charge on any atom is 0.205 e. The number of methoxy groups -OCH3 is 1. The first kappa shape index (κ1) is 31.5. The van der Waals surface area contributed by atoms with Gasteiger partial charge in [0.25, 0.3) is 0 Å². The lowest BCUT2D eigenvalue weighted by atomic mass is 9.88. The van der Waals surface area contributed by atoms with Crippen molar-refractivity contribution in [2.75, 3.05) is 46.6 Å². The molecule has 0 spiro atoms. The lowest BCUT2D eigenvalue weighted by Crippen LogP contribution is -2.37. The van der Waals surface area contributed by atoms with Gasteiger partial charge in [-0.25, -0.2) is 18.7 Å². The molecule has 0 atom stereocenters. The second-order valence-corrected chi connectivity index (χ2v) is 11.6. The van der Waals surface area contributed by atoms with Gasteiger partial charge in [-0.2, -0.15) is 0 Å². The maximum absolute atomic E-state index is 15.6. The van der Waals surface area contributed by atoms with Gasteiger partial charge in [0.1, 0.15) is 12.1 Å². The highest BCUT2D eigenvalue weighted by Gasteiger charge is 2.54. The van der Waals surface area contributed by atoms with E-state index in [4.69, 9.17) is 18.9 Å². The van der Waals surface area contributed by atoms with Crippen molar-refractivity contribution in [2.45, 2.75) is 32.1 Å². The fraction of sp³-hybridized carbons (Fsp3) is 0.371. The van der Waals surface area contributed by atoms with E-state index in [1.165, 1.54) is 37.7 Å². The molecule has 2 heterocycles. The van der Waals surface area contributed by atoms with Crippen molar-refractivity contribution in [3.63, 3.8) is 0 Å². The number of nitrogens with zero attached hydrogens (tertiary/aromatic N) is 3. The van der Waals surface area contributed by atoms with Crippen LogP contribution >= 0.6 is 0 Å². The number of ether oxygens (including phenoxy) is 4. The SMILES string of the molecule is COc1cc2ncncc2c(Oc2ccc(CC(=O)C3(C(=O)Cc4ccc(F)cc4)CC3)cc2F)c1OCCCN1CCOCC1. The van der Waals surface area contributed by atoms with Crippen molar-refractivity contribution in [1.29, 1.82) is 0 Å². The van der Waals surface area contributed by atoms with Crippen LogP contribution in [0.5, 0.6) is 23.0 Å². The molecule has 6 rings (SSSR count). The van der Waals surface area contributed by atoms with Crippen LogP contribution in [0.1, 0.15) is 30.4 Å². The predicted octanol–water partition coefficient (Wildman–Crippen LogP) is 5.51. The molecule has 1 aliphatic heterocycles. The summed E-state index contributed by atoms with van der Waals surface area (Å²) in [6.45, 7) is 4.39. The Labute approximate surface area is 265 Å². The first-order valence-electron chi connectivity index (χ1n) is 15.4. The molecule has 1 saturated carbocycles. The van der Waals surface area contributed by atoms with Gasteiger partial charge in [-0.05, 0) is 54.7 Å². The van der Waals surface area contributed by atoms with Crippen molar-refractivity contribution in [3.8, 4) is 23.0 Å². The summed E-state index contributed by atoms with van der Waals surface area (Å²) < 4.78 is 52.2. The molecule has 0 unspecified atom stereocenters. The van der Waals surface area contributed by atoms with Crippen LogP contribution in [0.15, 0.2) is 61.1 Å². The molecule has 3 aromatic carbocycles. The third-order valence-corrected chi connectivity index (χ3v) is 8.54. The smallest absolute Gasteiger partial charge is 0.205 e. The zero-order valence-electron chi connectivity index (χ0n) is 25.6. The summed E-state index contributed by atoms with van der Waals surface area (Å²) in [6, 6.07) is 11.7. The van der Waals surface area contributed by atoms with Crippen molar-refractivity contribution < 1.29 is 37.3 Å². The summed E-state index contributed by atoms with van der Waals surface area (Å²) >= 11 is 0. The Morgan fingerprint density at radius 3 is 2.35 bits per heavy atom. The summed E-state index contributed by atoms with van der Waals surface area (Å²) in [5.74, 6) is -0.701. The Kier molecular flexibility index (Phi) is 9.51. The fourth-order valence-electron chi connectivity index (χ4n) is 5.73. The molecule has 0 N–H and O–H groups in total. The van der Waals surface area contributed by atoms with Crippen LogP contribution in [0.2, 0.25) is 0 Å². The van der Waals surface area contributed by atoms with E-state index in [1.807, 2.05) is 0 Å². The van der Waals surface area contributed by atoms with Gasteiger partial charge in [-0.3, -0.25) is 14.5 Å². The number of morpholine rings is 1. The van der Waals surface area contributed by atoms with E-state index in [-0.39, 0.29) is 41.7 Å². The van der Waals surface area contributed by atoms with E-state index in [9.17, 15) is 14.0 Å². The zero-order valence-corrected chi connectivity index (χ0v) is 25.6. The largest absolute Gasteiger partial charge is 0.493 e. The Morgan fingerprint density at radius 2 is 1.65 bits per heavy atom. The maximum atomic E-state index is 15.6. The molecule has 0 radical (unpaired) electrons. The quantitative estimate of drug-likeness (QED) is 0.132. The Balaban J connectivity index is 1.17. The van der Waals surface area contributed by atoms with Gasteiger partial charge in [0.05, 0.1) is 43.2 Å². The number of carbonyl (C=O) groups excluding carboxylic acids is 2. The van der Waals surface area contributed by atoms with Crippen molar-refractivity contribution >= 4 is 22.5 Å². The fourth-order valence-corrected chi connectivity index (χ4v) is 5.73. The van der Waals surface area contributed by atoms with E-state index in [2.05, 4.69) is 14.9 Å². The molecule has 0 bridgehead atoms. The minimum atomic E-state index is -1.08. The monoisotopic (exact) mass is 631 g/mol. The molecule has 9 nitrogen and oxygen atoms in total. The topological polar surface area (TPSA) is 100 Å². The molecule has 1 aliphatic carbocycles. The van der Waals surface area contributed by atoms with Crippen LogP contribution in [-0.2, 0) is 27.2 Å². The van der Waals surface area contributed by atoms with Crippen LogP contribution < -0.4 is 14.2 Å². The molecule has 2 aliphatic rings. The third kappa shape index (κ3) is 7.00. The van der Waals surface area contributed by atoms with Gasteiger partial charge in [-0.15, -0.1) is 0 Å². The summed E-state index contributed by atoms with van der Waals surface area (Å²) in [4.78, 5) is 37.1. The van der Waals surface area contributed by atoms with Crippen molar-refractivity contribution in [3.05, 3.63) is 83.8 Å². The highest BCUT2D eigenvalue weighted by molar-refractivity contribution is 6.11. The molecule has 0 amide bonds. The normalized spacial score (nSPS) is 15.8. The lowest BCUT2D eigenvalue weighted by molar-refractivity contribution is -0.133. The third-order valence-electron chi connectivity index (χ3n) is 8.54. The molecule has 4 aromatic rings. The van der Waals surface area contributed by atoms with Crippen LogP contribution in [0, 0.1) is 17.0 Å². The minimum absolute atomic E-state index is 0.0446. The first-order valence-corrected chi connectivity index (χ1v) is 15.4. The van der Waals surface area contributed by atoms with Crippen LogP contribution in [0.3, 0.4) is 0 Å². The Bertz CT molecular complexity index is 1720. The summed E-state index contributed by atoms with van der Waals surface area (Å²) in [7, 11) is 1.51. The van der Waals surface area contributed by atoms with Gasteiger partial charge in [0.15, 0.2) is 34.6 Å². The average molecular weight is 632 g/mol. The molecular formula is C35H35F2N3O6. The van der Waals surface area contributed by atoms with Gasteiger partial charge < -0.3 is 18.9 Å². The van der Waals surface area contributed by atoms with Crippen molar-refractivity contribution in [2.24, 2.45) is 5.41 Å². The zero-order chi connectivity index (χ0) is 32.1. The minimum Gasteiger partial charge on any atom is -0.493 e. The van der Waals surface area contributed by atoms with E-state index in [1.54, 1.807) is 30.5 Å². The summed E-state index contributed by atoms with van der Waals surface area (Å²) in [5.41, 5.74) is 0.529. The second kappa shape index (κ2) is 13.9. The summed E-state index contributed by atoms with van der Waals surface area (Å²) in [5, 5.41) is 0.514. The van der Waals surface area contributed by atoms with Crippen LogP contribution in [0.25, 0.3) is 10.9 Å².